The molecule has 3 aliphatic carbocycles. The van der Waals surface area contributed by atoms with E-state index >= 15 is 0 Å². The van der Waals surface area contributed by atoms with Gasteiger partial charge in [-0.1, -0.05) is 53.5 Å². The molecule has 2 N–H and O–H groups in total. The van der Waals surface area contributed by atoms with Gasteiger partial charge in [0.25, 0.3) is 0 Å². The normalized spacial score (nSPS) is 23.4. The molecule has 4 atom stereocenters. The number of aliphatic hydroxyl groups excluding tert-OH is 1. The zero-order valence-electron chi connectivity index (χ0n) is 34.5. The third-order valence-electron chi connectivity index (χ3n) is 13.8. The van der Waals surface area contributed by atoms with Crippen LogP contribution in [-0.2, 0) is 34.2 Å². The number of aliphatic hydroxyl groups is 1. The Labute approximate surface area is 365 Å². The smallest absolute Gasteiger partial charge is 0.240 e. The molecule has 4 heterocycles. The van der Waals surface area contributed by atoms with Gasteiger partial charge in [0, 0.05) is 43.3 Å². The number of nitrogens with zero attached hydrogens (tertiary/aromatic N) is 4. The topological polar surface area (TPSA) is 147 Å². The third-order valence-corrected chi connectivity index (χ3v) is 16.6. The Kier molecular flexibility index (Phi) is 10.4. The van der Waals surface area contributed by atoms with E-state index in [1.165, 1.54) is 5.56 Å². The second-order valence-corrected chi connectivity index (χ2v) is 20.7. The first-order chi connectivity index (χ1) is 29.3. The van der Waals surface area contributed by atoms with Crippen LogP contribution < -0.4 is 14.2 Å². The number of ether oxygens (including phenoxy) is 2. The summed E-state index contributed by atoms with van der Waals surface area (Å²) < 4.78 is 45.8. The van der Waals surface area contributed by atoms with E-state index in [1.54, 1.807) is 14.0 Å². The van der Waals surface area contributed by atoms with Gasteiger partial charge in [0.1, 0.15) is 16.6 Å². The van der Waals surface area contributed by atoms with Crippen LogP contribution in [-0.4, -0.2) is 83.3 Å². The average Bonchev–Trinajstić information content (AvgIpc) is 3.85. The Bertz CT molecular complexity index is 2700. The van der Waals surface area contributed by atoms with Crippen molar-refractivity contribution in [2.24, 2.45) is 5.92 Å². The number of rotatable bonds is 11. The van der Waals surface area contributed by atoms with E-state index in [1.807, 2.05) is 18.2 Å². The van der Waals surface area contributed by atoms with Crippen molar-refractivity contribution in [1.82, 2.24) is 24.5 Å². The highest BCUT2D eigenvalue weighted by Gasteiger charge is 2.51. The average molecular weight is 887 g/mol. The third kappa shape index (κ3) is 7.28. The Balaban J connectivity index is 0.882. The number of sulfonamides is 1. The predicted octanol–water partition coefficient (Wildman–Crippen LogP) is 8.12. The minimum Gasteiger partial charge on any atom is -0.481 e. The first kappa shape index (κ1) is 40.8. The van der Waals surface area contributed by atoms with E-state index in [0.717, 1.165) is 83.2 Å². The fraction of sp³-hybridized carbons (Fsp3) is 0.457. The van der Waals surface area contributed by atoms with E-state index in [2.05, 4.69) is 51.8 Å². The minimum absolute atomic E-state index is 0.0503. The van der Waals surface area contributed by atoms with Crippen molar-refractivity contribution < 1.29 is 32.2 Å². The molecule has 5 aromatic rings. The van der Waals surface area contributed by atoms with Gasteiger partial charge < -0.3 is 19.0 Å². The van der Waals surface area contributed by atoms with Crippen molar-refractivity contribution in [3.63, 3.8) is 0 Å². The number of hydrogen-bond acceptors (Lipinski definition) is 11. The number of carbonyl (C=O) groups is 1. The SMILES string of the molecule is COc1nc(O[C@H]2CCc3c(-c4cccc(-c5nc6cc7c(c(Cl)c6o5)CC[C@H]7N5CC[C@@H](C(=O)NS(=O)(=O)C6(C)CC6)C5)c4C)cccc32)c(Cl)cc1CN1CC[C@@H](O)C1. The largest absolute Gasteiger partial charge is 0.481 e. The summed E-state index contributed by atoms with van der Waals surface area (Å²) in [5, 5.41) is 11.0. The van der Waals surface area contributed by atoms with Crippen LogP contribution in [0.5, 0.6) is 11.8 Å². The van der Waals surface area contributed by atoms with E-state index < -0.39 is 26.6 Å². The molecular formula is C46H49Cl2N5O7S. The second-order valence-electron chi connectivity index (χ2n) is 17.7. The molecule has 2 aromatic heterocycles. The molecule has 2 saturated heterocycles. The van der Waals surface area contributed by atoms with Crippen LogP contribution in [0.25, 0.3) is 33.7 Å². The maximum Gasteiger partial charge on any atom is 0.240 e. The first-order valence-electron chi connectivity index (χ1n) is 21.3. The summed E-state index contributed by atoms with van der Waals surface area (Å²) in [6.07, 6.45) is 5.15. The van der Waals surface area contributed by atoms with Crippen molar-refractivity contribution in [2.45, 2.75) is 94.8 Å². The Morgan fingerprint density at radius 3 is 2.49 bits per heavy atom. The van der Waals surface area contributed by atoms with Crippen LogP contribution >= 0.6 is 23.2 Å². The van der Waals surface area contributed by atoms with Crippen molar-refractivity contribution in [2.75, 3.05) is 33.3 Å². The van der Waals surface area contributed by atoms with Crippen molar-refractivity contribution in [3.8, 4) is 34.3 Å². The molecule has 12 nitrogen and oxygen atoms in total. The lowest BCUT2D eigenvalue weighted by molar-refractivity contribution is -0.122. The highest BCUT2D eigenvalue weighted by Crippen LogP contribution is 2.47. The van der Waals surface area contributed by atoms with Crippen LogP contribution in [0.15, 0.2) is 52.9 Å². The first-order valence-corrected chi connectivity index (χ1v) is 23.5. The number of likely N-dealkylation sites (tertiary alicyclic amines) is 2. The predicted molar refractivity (Wildman–Crippen MR) is 233 cm³/mol. The number of oxazole rings is 1. The van der Waals surface area contributed by atoms with Crippen LogP contribution in [0, 0.1) is 12.8 Å². The summed E-state index contributed by atoms with van der Waals surface area (Å²) in [7, 11) is -2.09. The van der Waals surface area contributed by atoms with Gasteiger partial charge in [0.2, 0.25) is 33.6 Å². The lowest BCUT2D eigenvalue weighted by atomic mass is 9.91. The monoisotopic (exact) mass is 885 g/mol. The van der Waals surface area contributed by atoms with Gasteiger partial charge in [-0.05, 0) is 129 Å². The summed E-state index contributed by atoms with van der Waals surface area (Å²) in [6, 6.07) is 16.5. The van der Waals surface area contributed by atoms with E-state index in [9.17, 15) is 18.3 Å². The molecule has 61 heavy (non-hydrogen) atoms. The van der Waals surface area contributed by atoms with Crippen molar-refractivity contribution >= 4 is 50.2 Å². The molecule has 10 rings (SSSR count). The summed E-state index contributed by atoms with van der Waals surface area (Å²) >= 11 is 13.9. The molecule has 1 amide bonds. The Morgan fingerprint density at radius 2 is 1.72 bits per heavy atom. The summed E-state index contributed by atoms with van der Waals surface area (Å²) in [5.74, 6) is 0.493. The zero-order valence-corrected chi connectivity index (χ0v) is 36.8. The number of fused-ring (bicyclic) bond motifs is 3. The maximum absolute atomic E-state index is 13.1. The molecule has 5 aliphatic rings. The van der Waals surface area contributed by atoms with Crippen molar-refractivity contribution in [1.29, 1.82) is 0 Å². The second kappa shape index (κ2) is 15.5. The number of nitrogens with one attached hydrogen (secondary N) is 1. The number of pyridine rings is 1. The number of methoxy groups -OCH3 is 1. The summed E-state index contributed by atoms with van der Waals surface area (Å²) in [4.78, 5) is 27.3. The van der Waals surface area contributed by atoms with Crippen LogP contribution in [0.2, 0.25) is 10.0 Å². The van der Waals surface area contributed by atoms with E-state index in [-0.39, 0.29) is 18.2 Å². The molecule has 320 valence electrons. The fourth-order valence-electron chi connectivity index (χ4n) is 9.98. The van der Waals surface area contributed by atoms with Gasteiger partial charge in [-0.2, -0.15) is 4.98 Å². The number of halogens is 2. The number of hydrogen-bond donors (Lipinski definition) is 2. The van der Waals surface area contributed by atoms with Crippen LogP contribution in [0.3, 0.4) is 0 Å². The molecule has 3 fully saturated rings. The summed E-state index contributed by atoms with van der Waals surface area (Å²) in [6.45, 7) is 6.96. The molecule has 3 aromatic carbocycles. The lowest BCUT2D eigenvalue weighted by Gasteiger charge is -2.25. The standard InChI is InChI=1S/C46H49Cl2N5O7S/c1-25-29(31-8-5-9-33-32(31)11-13-39(33)59-45-36(47)20-27(43(50-45)58-3)22-52-18-15-28(54)24-52)6-4-7-30(25)44-49-37-21-35-34(40(48)41(37)60-44)10-12-38(35)53-19-14-26(23-53)42(55)51-61(56,57)46(2)16-17-46/h4-9,20-21,26,28,38-39,54H,10-19,22-24H2,1-3H3,(H,51,55)/t26-,28-,38-,39+/m1/s1. The van der Waals surface area contributed by atoms with Crippen molar-refractivity contribution in [3.05, 3.63) is 92.0 Å². The molecule has 0 spiro atoms. The minimum atomic E-state index is -3.68. The van der Waals surface area contributed by atoms with Gasteiger partial charge in [0.05, 0.1) is 28.9 Å². The van der Waals surface area contributed by atoms with Crippen LogP contribution in [0.1, 0.15) is 91.0 Å². The van der Waals surface area contributed by atoms with Crippen LogP contribution in [0.4, 0.5) is 0 Å². The van der Waals surface area contributed by atoms with Gasteiger partial charge in [-0.15, -0.1) is 0 Å². The molecule has 1 saturated carbocycles. The number of β-amino-alcohol motifs (C(OH)–C–C–N with tert-alkyl or cyclic N) is 1. The highest BCUT2D eigenvalue weighted by atomic mass is 35.5. The van der Waals surface area contributed by atoms with Gasteiger partial charge >= 0.3 is 0 Å². The van der Waals surface area contributed by atoms with E-state index in [0.29, 0.717) is 84.2 Å². The van der Waals surface area contributed by atoms with E-state index in [4.69, 9.17) is 47.1 Å². The molecule has 0 unspecified atom stereocenters. The van der Waals surface area contributed by atoms with Gasteiger partial charge in [-0.25, -0.2) is 13.4 Å². The fourth-order valence-corrected chi connectivity index (χ4v) is 11.9. The number of benzene rings is 3. The Hall–Kier alpha value is -4.24. The Morgan fingerprint density at radius 1 is 0.951 bits per heavy atom. The van der Waals surface area contributed by atoms with Gasteiger partial charge in [-0.3, -0.25) is 19.3 Å². The highest BCUT2D eigenvalue weighted by molar-refractivity contribution is 7.91. The quantitative estimate of drug-likeness (QED) is 0.133. The molecule has 2 aliphatic heterocycles. The lowest BCUT2D eigenvalue weighted by Crippen LogP contribution is -2.42. The zero-order chi connectivity index (χ0) is 42.4. The van der Waals surface area contributed by atoms with Gasteiger partial charge in [0.15, 0.2) is 5.58 Å². The molecular weight excluding hydrogens is 838 g/mol. The number of amides is 1. The molecule has 0 radical (unpaired) electrons. The number of carbonyl (C=O) groups excluding carboxylic acids is 1. The number of aromatic nitrogens is 2. The maximum atomic E-state index is 13.1. The summed E-state index contributed by atoms with van der Waals surface area (Å²) in [5.41, 5.74) is 10.6. The molecule has 15 heteroatoms. The molecule has 0 bridgehead atoms.